The quantitative estimate of drug-likeness (QED) is 0.776. The molecular formula is C7H8ClF2N3. The second kappa shape index (κ2) is 3.85. The van der Waals surface area contributed by atoms with Crippen molar-refractivity contribution in [3.8, 4) is 0 Å². The second-order valence-electron chi connectivity index (χ2n) is 2.41. The Morgan fingerprint density at radius 2 is 2.15 bits per heavy atom. The van der Waals surface area contributed by atoms with Gasteiger partial charge in [-0.25, -0.2) is 13.8 Å². The van der Waals surface area contributed by atoms with Gasteiger partial charge >= 0.3 is 0 Å². The molecule has 0 saturated heterocycles. The van der Waals surface area contributed by atoms with E-state index >= 15 is 0 Å². The summed E-state index contributed by atoms with van der Waals surface area (Å²) in [6.07, 6.45) is -2.73. The van der Waals surface area contributed by atoms with E-state index in [4.69, 9.17) is 23.1 Å². The molecule has 0 amide bonds. The lowest BCUT2D eigenvalue weighted by molar-refractivity contribution is 0.146. The molecule has 0 spiro atoms. The summed E-state index contributed by atoms with van der Waals surface area (Å²) >= 11 is 5.51. The summed E-state index contributed by atoms with van der Waals surface area (Å²) in [6.45, 7) is 0.0566. The van der Waals surface area contributed by atoms with Gasteiger partial charge < -0.3 is 11.5 Å². The SMILES string of the molecule is NCc1cc(N)c(Cl)c(C(F)F)n1. The number of alkyl halides is 2. The van der Waals surface area contributed by atoms with Crippen molar-refractivity contribution in [2.75, 3.05) is 5.73 Å². The van der Waals surface area contributed by atoms with E-state index in [1.54, 1.807) is 0 Å². The fourth-order valence-corrected chi connectivity index (χ4v) is 1.06. The highest BCUT2D eigenvalue weighted by Crippen LogP contribution is 2.29. The maximum absolute atomic E-state index is 12.3. The lowest BCUT2D eigenvalue weighted by Crippen LogP contribution is -2.05. The number of nitrogen functional groups attached to an aromatic ring is 1. The number of pyridine rings is 1. The van der Waals surface area contributed by atoms with Crippen molar-refractivity contribution in [2.24, 2.45) is 5.73 Å². The summed E-state index contributed by atoms with van der Waals surface area (Å²) < 4.78 is 24.6. The van der Waals surface area contributed by atoms with Gasteiger partial charge in [-0.3, -0.25) is 0 Å². The Labute approximate surface area is 78.7 Å². The van der Waals surface area contributed by atoms with Crippen LogP contribution in [-0.2, 0) is 6.54 Å². The molecule has 0 saturated carbocycles. The van der Waals surface area contributed by atoms with Crippen LogP contribution in [0.15, 0.2) is 6.07 Å². The Morgan fingerprint density at radius 1 is 1.54 bits per heavy atom. The van der Waals surface area contributed by atoms with Gasteiger partial charge in [-0.15, -0.1) is 0 Å². The third-order valence-electron chi connectivity index (χ3n) is 1.48. The molecule has 0 unspecified atom stereocenters. The zero-order valence-electron chi connectivity index (χ0n) is 6.60. The molecule has 1 aromatic rings. The number of nitrogens with zero attached hydrogens (tertiary/aromatic N) is 1. The van der Waals surface area contributed by atoms with Gasteiger partial charge in [-0.2, -0.15) is 0 Å². The smallest absolute Gasteiger partial charge is 0.281 e. The first-order valence-corrected chi connectivity index (χ1v) is 3.87. The Morgan fingerprint density at radius 3 is 2.62 bits per heavy atom. The van der Waals surface area contributed by atoms with Crippen LogP contribution in [-0.4, -0.2) is 4.98 Å². The van der Waals surface area contributed by atoms with Gasteiger partial charge in [0.25, 0.3) is 6.43 Å². The minimum Gasteiger partial charge on any atom is -0.397 e. The zero-order valence-corrected chi connectivity index (χ0v) is 7.35. The van der Waals surface area contributed by atoms with Crippen molar-refractivity contribution in [1.29, 1.82) is 0 Å². The normalized spacial score (nSPS) is 10.8. The molecule has 6 heteroatoms. The Bertz CT molecular complexity index is 317. The maximum Gasteiger partial charge on any atom is 0.281 e. The third-order valence-corrected chi connectivity index (χ3v) is 1.89. The van der Waals surface area contributed by atoms with Crippen molar-refractivity contribution in [3.63, 3.8) is 0 Å². The van der Waals surface area contributed by atoms with Crippen LogP contribution in [0, 0.1) is 0 Å². The van der Waals surface area contributed by atoms with Crippen molar-refractivity contribution in [1.82, 2.24) is 4.98 Å². The molecular weight excluding hydrogens is 200 g/mol. The van der Waals surface area contributed by atoms with E-state index < -0.39 is 12.1 Å². The molecule has 0 bridgehead atoms. The number of anilines is 1. The molecule has 1 heterocycles. The Kier molecular flexibility index (Phi) is 3.00. The minimum absolute atomic E-state index is 0.0566. The molecule has 1 rings (SSSR count). The average Bonchev–Trinajstić information content (AvgIpc) is 2.09. The van der Waals surface area contributed by atoms with E-state index in [1.165, 1.54) is 6.07 Å². The van der Waals surface area contributed by atoms with Crippen LogP contribution in [0.2, 0.25) is 5.02 Å². The number of hydrogen-bond acceptors (Lipinski definition) is 3. The molecule has 13 heavy (non-hydrogen) atoms. The van der Waals surface area contributed by atoms with Gasteiger partial charge in [-0.05, 0) is 6.07 Å². The van der Waals surface area contributed by atoms with Gasteiger partial charge in [0, 0.05) is 6.54 Å². The summed E-state index contributed by atoms with van der Waals surface area (Å²) in [7, 11) is 0. The van der Waals surface area contributed by atoms with E-state index in [-0.39, 0.29) is 17.3 Å². The third kappa shape index (κ3) is 2.05. The number of halogens is 3. The summed E-state index contributed by atoms with van der Waals surface area (Å²) in [5, 5.41) is -0.202. The molecule has 0 aliphatic rings. The standard InChI is InChI=1S/C7H8ClF2N3/c8-5-4(12)1-3(2-11)13-6(5)7(9)10/h1,7H,2,11H2,(H2,12,13). The molecule has 1 aromatic heterocycles. The first-order valence-electron chi connectivity index (χ1n) is 3.49. The van der Waals surface area contributed by atoms with Gasteiger partial charge in [0.1, 0.15) is 5.69 Å². The fraction of sp³-hybridized carbons (Fsp3) is 0.286. The molecule has 0 aromatic carbocycles. The van der Waals surface area contributed by atoms with Crippen LogP contribution >= 0.6 is 11.6 Å². The Balaban J connectivity index is 3.25. The van der Waals surface area contributed by atoms with Crippen molar-refractivity contribution >= 4 is 17.3 Å². The van der Waals surface area contributed by atoms with E-state index in [0.717, 1.165) is 0 Å². The van der Waals surface area contributed by atoms with E-state index in [1.807, 2.05) is 0 Å². The van der Waals surface area contributed by atoms with Crippen molar-refractivity contribution in [2.45, 2.75) is 13.0 Å². The molecule has 0 aliphatic heterocycles. The van der Waals surface area contributed by atoms with Crippen LogP contribution < -0.4 is 11.5 Å². The second-order valence-corrected chi connectivity index (χ2v) is 2.78. The monoisotopic (exact) mass is 207 g/mol. The molecule has 4 N–H and O–H groups in total. The number of hydrogen-bond donors (Lipinski definition) is 2. The van der Waals surface area contributed by atoms with E-state index in [9.17, 15) is 8.78 Å². The van der Waals surface area contributed by atoms with Gasteiger partial charge in [0.05, 0.1) is 16.4 Å². The zero-order chi connectivity index (χ0) is 10.0. The molecule has 0 fully saturated rings. The summed E-state index contributed by atoms with van der Waals surface area (Å²) in [5.74, 6) is 0. The van der Waals surface area contributed by atoms with Crippen molar-refractivity contribution in [3.05, 3.63) is 22.5 Å². The van der Waals surface area contributed by atoms with Gasteiger partial charge in [-0.1, -0.05) is 11.6 Å². The number of aromatic nitrogens is 1. The average molecular weight is 208 g/mol. The lowest BCUT2D eigenvalue weighted by Gasteiger charge is -2.07. The van der Waals surface area contributed by atoms with Crippen LogP contribution in [0.3, 0.4) is 0 Å². The topological polar surface area (TPSA) is 64.9 Å². The molecule has 0 radical (unpaired) electrons. The maximum atomic E-state index is 12.3. The molecule has 0 aliphatic carbocycles. The lowest BCUT2D eigenvalue weighted by atomic mass is 10.2. The highest BCUT2D eigenvalue weighted by molar-refractivity contribution is 6.33. The van der Waals surface area contributed by atoms with E-state index in [2.05, 4.69) is 4.98 Å². The van der Waals surface area contributed by atoms with Crippen molar-refractivity contribution < 1.29 is 8.78 Å². The summed E-state index contributed by atoms with van der Waals surface area (Å²) in [5.41, 5.74) is 10.5. The fourth-order valence-electron chi connectivity index (χ4n) is 0.876. The van der Waals surface area contributed by atoms with Gasteiger partial charge in [0.2, 0.25) is 0 Å². The number of nitrogens with two attached hydrogens (primary N) is 2. The van der Waals surface area contributed by atoms with Crippen LogP contribution in [0.25, 0.3) is 0 Å². The number of rotatable bonds is 2. The van der Waals surface area contributed by atoms with Gasteiger partial charge in [0.15, 0.2) is 0 Å². The van der Waals surface area contributed by atoms with Crippen LogP contribution in [0.1, 0.15) is 17.8 Å². The summed E-state index contributed by atoms with van der Waals surface area (Å²) in [4.78, 5) is 3.56. The molecule has 72 valence electrons. The largest absolute Gasteiger partial charge is 0.397 e. The predicted octanol–water partition coefficient (Wildman–Crippen LogP) is 1.71. The first kappa shape index (κ1) is 10.1. The van der Waals surface area contributed by atoms with Crippen LogP contribution in [0.4, 0.5) is 14.5 Å². The highest BCUT2D eigenvalue weighted by Gasteiger charge is 2.16. The highest BCUT2D eigenvalue weighted by atomic mass is 35.5. The van der Waals surface area contributed by atoms with E-state index in [0.29, 0.717) is 5.69 Å². The summed E-state index contributed by atoms with van der Waals surface area (Å²) in [6, 6.07) is 1.38. The minimum atomic E-state index is -2.73. The Hall–Kier alpha value is -0.940. The molecule has 3 nitrogen and oxygen atoms in total. The first-order chi connectivity index (χ1) is 6.06. The molecule has 0 atom stereocenters. The predicted molar refractivity (Wildman–Crippen MR) is 46.5 cm³/mol. The van der Waals surface area contributed by atoms with Crippen LogP contribution in [0.5, 0.6) is 0 Å².